The highest BCUT2D eigenvalue weighted by Crippen LogP contribution is 2.25. The van der Waals surface area contributed by atoms with Gasteiger partial charge in [0.1, 0.15) is 18.1 Å². The van der Waals surface area contributed by atoms with Gasteiger partial charge in [-0.25, -0.2) is 4.99 Å². The molecule has 1 aromatic carbocycles. The molecule has 9 heteroatoms. The lowest BCUT2D eigenvalue weighted by Gasteiger charge is -2.13. The monoisotopic (exact) mass is 377 g/mol. The molecule has 0 amide bonds. The summed E-state index contributed by atoms with van der Waals surface area (Å²) in [7, 11) is 3.16. The second-order valence-corrected chi connectivity index (χ2v) is 5.32. The van der Waals surface area contributed by atoms with Gasteiger partial charge in [-0.3, -0.25) is 0 Å². The molecule has 0 heterocycles. The predicted molar refractivity (Wildman–Crippen MR) is 93.9 cm³/mol. The first-order valence-corrected chi connectivity index (χ1v) is 8.27. The highest BCUT2D eigenvalue weighted by Gasteiger charge is 2.27. The van der Waals surface area contributed by atoms with E-state index in [0.29, 0.717) is 43.5 Å². The fourth-order valence-corrected chi connectivity index (χ4v) is 2.06. The Balaban J connectivity index is 2.50. The van der Waals surface area contributed by atoms with Gasteiger partial charge in [0.15, 0.2) is 5.96 Å². The Morgan fingerprint density at radius 3 is 2.54 bits per heavy atom. The average molecular weight is 377 g/mol. The van der Waals surface area contributed by atoms with Crippen LogP contribution in [-0.2, 0) is 11.3 Å². The highest BCUT2D eigenvalue weighted by molar-refractivity contribution is 5.79. The molecular formula is C17H26F3N3O3. The smallest absolute Gasteiger partial charge is 0.411 e. The van der Waals surface area contributed by atoms with Gasteiger partial charge < -0.3 is 24.8 Å². The zero-order valence-corrected chi connectivity index (χ0v) is 15.3. The molecule has 2 N–H and O–H groups in total. The molecule has 0 atom stereocenters. The highest BCUT2D eigenvalue weighted by atomic mass is 19.4. The minimum Gasteiger partial charge on any atom is -0.497 e. The molecule has 0 radical (unpaired) electrons. The van der Waals surface area contributed by atoms with E-state index >= 15 is 0 Å². The third-order valence-corrected chi connectivity index (χ3v) is 3.27. The lowest BCUT2D eigenvalue weighted by molar-refractivity contribution is -0.173. The van der Waals surface area contributed by atoms with E-state index in [1.54, 1.807) is 20.3 Å². The summed E-state index contributed by atoms with van der Waals surface area (Å²) in [5.74, 6) is 1.93. The van der Waals surface area contributed by atoms with Crippen LogP contribution in [0.5, 0.6) is 11.5 Å². The number of hydrogen-bond acceptors (Lipinski definition) is 4. The second kappa shape index (κ2) is 11.5. The van der Waals surface area contributed by atoms with E-state index in [4.69, 9.17) is 9.47 Å². The molecule has 0 aliphatic carbocycles. The summed E-state index contributed by atoms with van der Waals surface area (Å²) in [6.45, 7) is 2.22. The predicted octanol–water partition coefficient (Wildman–Crippen LogP) is 2.73. The van der Waals surface area contributed by atoms with Crippen molar-refractivity contribution in [3.05, 3.63) is 23.8 Å². The maximum Gasteiger partial charge on any atom is 0.411 e. The van der Waals surface area contributed by atoms with Crippen molar-refractivity contribution in [2.24, 2.45) is 4.99 Å². The molecule has 0 aromatic heterocycles. The number of halogens is 3. The number of guanidine groups is 1. The summed E-state index contributed by atoms with van der Waals surface area (Å²) in [5, 5.41) is 6.14. The van der Waals surface area contributed by atoms with Crippen LogP contribution < -0.4 is 20.1 Å². The molecule has 0 saturated heterocycles. The van der Waals surface area contributed by atoms with Crippen LogP contribution in [0.4, 0.5) is 13.2 Å². The number of nitrogens with zero attached hydrogens (tertiary/aromatic N) is 1. The molecule has 148 valence electrons. The van der Waals surface area contributed by atoms with Crippen molar-refractivity contribution in [3.8, 4) is 11.5 Å². The first kappa shape index (κ1) is 21.9. The van der Waals surface area contributed by atoms with Gasteiger partial charge in [-0.1, -0.05) is 0 Å². The minimum absolute atomic E-state index is 0.0260. The van der Waals surface area contributed by atoms with Crippen molar-refractivity contribution in [1.82, 2.24) is 10.6 Å². The van der Waals surface area contributed by atoms with Gasteiger partial charge in [-0.05, 0) is 25.5 Å². The van der Waals surface area contributed by atoms with Crippen molar-refractivity contribution in [2.45, 2.75) is 26.1 Å². The summed E-state index contributed by atoms with van der Waals surface area (Å²) < 4.78 is 51.0. The fraction of sp³-hybridized carbons (Fsp3) is 0.588. The van der Waals surface area contributed by atoms with E-state index in [2.05, 4.69) is 20.4 Å². The van der Waals surface area contributed by atoms with Crippen molar-refractivity contribution < 1.29 is 27.4 Å². The average Bonchev–Trinajstić information content (AvgIpc) is 2.61. The maximum atomic E-state index is 12.0. The molecule has 0 unspecified atom stereocenters. The van der Waals surface area contributed by atoms with E-state index in [1.807, 2.05) is 19.1 Å². The Morgan fingerprint density at radius 1 is 1.15 bits per heavy atom. The largest absolute Gasteiger partial charge is 0.497 e. The molecular weight excluding hydrogens is 351 g/mol. The number of benzene rings is 1. The van der Waals surface area contributed by atoms with Crippen LogP contribution in [0.1, 0.15) is 18.9 Å². The van der Waals surface area contributed by atoms with Crippen molar-refractivity contribution in [1.29, 1.82) is 0 Å². The van der Waals surface area contributed by atoms with Crippen LogP contribution in [0, 0.1) is 0 Å². The van der Waals surface area contributed by atoms with Gasteiger partial charge in [0, 0.05) is 31.3 Å². The topological polar surface area (TPSA) is 64.1 Å². The normalized spacial score (nSPS) is 12.0. The number of rotatable bonds is 10. The second-order valence-electron chi connectivity index (χ2n) is 5.32. The molecule has 26 heavy (non-hydrogen) atoms. The van der Waals surface area contributed by atoms with Gasteiger partial charge in [-0.2, -0.15) is 13.2 Å². The van der Waals surface area contributed by atoms with Crippen molar-refractivity contribution >= 4 is 5.96 Å². The Hall–Kier alpha value is -2.16. The van der Waals surface area contributed by atoms with Crippen molar-refractivity contribution in [2.75, 3.05) is 40.5 Å². The van der Waals surface area contributed by atoms with Crippen LogP contribution in [-0.4, -0.2) is 52.7 Å². The number of ether oxygens (including phenoxy) is 3. The van der Waals surface area contributed by atoms with Crippen LogP contribution in [0.15, 0.2) is 23.2 Å². The first-order valence-electron chi connectivity index (χ1n) is 8.27. The summed E-state index contributed by atoms with van der Waals surface area (Å²) >= 11 is 0. The van der Waals surface area contributed by atoms with Gasteiger partial charge in [-0.15, -0.1) is 0 Å². The van der Waals surface area contributed by atoms with Gasteiger partial charge in [0.25, 0.3) is 0 Å². The summed E-state index contributed by atoms with van der Waals surface area (Å²) in [5.41, 5.74) is 0.888. The van der Waals surface area contributed by atoms with Crippen LogP contribution in [0.3, 0.4) is 0 Å². The molecule has 0 bridgehead atoms. The third kappa shape index (κ3) is 8.80. The van der Waals surface area contributed by atoms with E-state index in [-0.39, 0.29) is 6.61 Å². The molecule has 0 aliphatic heterocycles. The lowest BCUT2D eigenvalue weighted by atomic mass is 10.2. The molecule has 0 aliphatic rings. The van der Waals surface area contributed by atoms with Gasteiger partial charge >= 0.3 is 6.18 Å². The number of nitrogens with one attached hydrogen (secondary N) is 2. The number of aliphatic imine (C=N–C) groups is 1. The Morgan fingerprint density at radius 2 is 1.92 bits per heavy atom. The summed E-state index contributed by atoms with van der Waals surface area (Å²) in [6.07, 6.45) is -3.85. The lowest BCUT2D eigenvalue weighted by Crippen LogP contribution is -2.38. The van der Waals surface area contributed by atoms with Gasteiger partial charge in [0.05, 0.1) is 20.8 Å². The number of hydrogen-bond donors (Lipinski definition) is 2. The zero-order valence-electron chi connectivity index (χ0n) is 15.3. The first-order chi connectivity index (χ1) is 12.4. The summed E-state index contributed by atoms with van der Waals surface area (Å²) in [6, 6.07) is 5.48. The van der Waals surface area contributed by atoms with Crippen LogP contribution in [0.25, 0.3) is 0 Å². The fourth-order valence-electron chi connectivity index (χ4n) is 2.06. The SMILES string of the molecule is CCNC(=NCc1ccc(OC)cc1OC)NCCCOCC(F)(F)F. The zero-order chi connectivity index (χ0) is 19.4. The standard InChI is InChI=1S/C17H26F3N3O3/c1-4-21-16(22-8-5-9-26-12-17(18,19)20)23-11-13-6-7-14(24-2)10-15(13)25-3/h6-7,10H,4-5,8-9,11-12H2,1-3H3,(H2,21,22,23). The van der Waals surface area contributed by atoms with E-state index in [9.17, 15) is 13.2 Å². The van der Waals surface area contributed by atoms with E-state index < -0.39 is 12.8 Å². The molecule has 1 rings (SSSR count). The van der Waals surface area contributed by atoms with Crippen LogP contribution in [0.2, 0.25) is 0 Å². The Bertz CT molecular complexity index is 566. The van der Waals surface area contributed by atoms with E-state index in [0.717, 1.165) is 5.56 Å². The Kier molecular flexibility index (Phi) is 9.64. The third-order valence-electron chi connectivity index (χ3n) is 3.27. The molecule has 0 fully saturated rings. The molecule has 6 nitrogen and oxygen atoms in total. The number of alkyl halides is 3. The minimum atomic E-state index is -4.29. The van der Waals surface area contributed by atoms with E-state index in [1.165, 1.54) is 0 Å². The summed E-state index contributed by atoms with van der Waals surface area (Å²) in [4.78, 5) is 4.46. The van der Waals surface area contributed by atoms with Gasteiger partial charge in [0.2, 0.25) is 0 Å². The number of methoxy groups -OCH3 is 2. The molecule has 0 saturated carbocycles. The maximum absolute atomic E-state index is 12.0. The van der Waals surface area contributed by atoms with Crippen molar-refractivity contribution in [3.63, 3.8) is 0 Å². The Labute approximate surface area is 151 Å². The molecule has 0 spiro atoms. The quantitative estimate of drug-likeness (QED) is 0.373. The molecule has 1 aromatic rings. The van der Waals surface area contributed by atoms with Crippen LogP contribution >= 0.6 is 0 Å².